The number of hydrogen-bond donors (Lipinski definition) is 2. The molecular formula is C12H10Cl2N2O2S. The first-order chi connectivity index (χ1) is 8.90. The number of nitrogen functional groups attached to an aromatic ring is 1. The van der Waals surface area contributed by atoms with Crippen molar-refractivity contribution in [2.45, 2.75) is 4.90 Å². The van der Waals surface area contributed by atoms with E-state index in [0.717, 1.165) is 0 Å². The van der Waals surface area contributed by atoms with Crippen molar-refractivity contribution < 1.29 is 8.42 Å². The van der Waals surface area contributed by atoms with Gasteiger partial charge in [0.25, 0.3) is 10.0 Å². The van der Waals surface area contributed by atoms with E-state index in [1.165, 1.54) is 12.1 Å². The smallest absolute Gasteiger partial charge is 0.262 e. The lowest BCUT2D eigenvalue weighted by atomic mass is 10.3. The number of nitrogens with one attached hydrogen (secondary N) is 1. The minimum absolute atomic E-state index is 0.0410. The van der Waals surface area contributed by atoms with Gasteiger partial charge in [0, 0.05) is 5.02 Å². The summed E-state index contributed by atoms with van der Waals surface area (Å²) in [6, 6.07) is 10.7. The van der Waals surface area contributed by atoms with E-state index < -0.39 is 10.0 Å². The molecule has 0 amide bonds. The minimum Gasteiger partial charge on any atom is -0.397 e. The van der Waals surface area contributed by atoms with Crippen LogP contribution in [0.3, 0.4) is 0 Å². The molecule has 19 heavy (non-hydrogen) atoms. The zero-order valence-electron chi connectivity index (χ0n) is 9.60. The second-order valence-corrected chi connectivity index (χ2v) is 6.29. The zero-order chi connectivity index (χ0) is 14.0. The molecule has 0 bridgehead atoms. The highest BCUT2D eigenvalue weighted by Crippen LogP contribution is 2.30. The number of anilines is 2. The van der Waals surface area contributed by atoms with E-state index >= 15 is 0 Å². The van der Waals surface area contributed by atoms with Gasteiger partial charge in [-0.3, -0.25) is 4.72 Å². The summed E-state index contributed by atoms with van der Waals surface area (Å²) in [5, 5.41) is 0.556. The number of sulfonamides is 1. The van der Waals surface area contributed by atoms with Crippen LogP contribution in [0.2, 0.25) is 10.0 Å². The lowest BCUT2D eigenvalue weighted by Gasteiger charge is -2.11. The minimum atomic E-state index is -3.78. The summed E-state index contributed by atoms with van der Waals surface area (Å²) in [6.07, 6.45) is 0. The summed E-state index contributed by atoms with van der Waals surface area (Å²) in [4.78, 5) is 0.0410. The monoisotopic (exact) mass is 316 g/mol. The van der Waals surface area contributed by atoms with Gasteiger partial charge in [0.05, 0.1) is 21.3 Å². The van der Waals surface area contributed by atoms with E-state index in [1.807, 2.05) is 0 Å². The van der Waals surface area contributed by atoms with E-state index in [2.05, 4.69) is 4.72 Å². The standard InChI is InChI=1S/C12H10Cl2N2O2S/c13-8-3-1-4-9(7-8)19(17,18)16-12-10(14)5-2-6-11(12)15/h1-7,16H,15H2. The van der Waals surface area contributed by atoms with Gasteiger partial charge in [-0.1, -0.05) is 35.3 Å². The Labute approximate surface area is 121 Å². The van der Waals surface area contributed by atoms with E-state index in [0.29, 0.717) is 5.02 Å². The van der Waals surface area contributed by atoms with Crippen molar-refractivity contribution >= 4 is 44.6 Å². The third kappa shape index (κ3) is 3.12. The number of nitrogens with two attached hydrogens (primary N) is 1. The number of rotatable bonds is 3. The van der Waals surface area contributed by atoms with Gasteiger partial charge >= 0.3 is 0 Å². The molecule has 0 spiro atoms. The first-order valence-electron chi connectivity index (χ1n) is 5.22. The highest BCUT2D eigenvalue weighted by Gasteiger charge is 2.17. The molecule has 0 radical (unpaired) electrons. The van der Waals surface area contributed by atoms with Gasteiger partial charge in [-0.25, -0.2) is 8.42 Å². The van der Waals surface area contributed by atoms with E-state index in [1.54, 1.807) is 30.3 Å². The Bertz CT molecular complexity index is 697. The Hall–Kier alpha value is -1.43. The van der Waals surface area contributed by atoms with Gasteiger partial charge in [0.15, 0.2) is 0 Å². The fourth-order valence-corrected chi connectivity index (χ4v) is 3.17. The molecule has 0 aliphatic heterocycles. The van der Waals surface area contributed by atoms with Gasteiger partial charge in [-0.2, -0.15) is 0 Å². The van der Waals surface area contributed by atoms with Crippen molar-refractivity contribution in [3.05, 3.63) is 52.5 Å². The Morgan fingerprint density at radius 2 is 1.74 bits per heavy atom. The molecule has 0 heterocycles. The Morgan fingerprint density at radius 3 is 2.37 bits per heavy atom. The summed E-state index contributed by atoms with van der Waals surface area (Å²) in [6.45, 7) is 0. The maximum absolute atomic E-state index is 12.2. The van der Waals surface area contributed by atoms with Gasteiger partial charge in [0.1, 0.15) is 0 Å². The van der Waals surface area contributed by atoms with Crippen LogP contribution in [0, 0.1) is 0 Å². The molecule has 0 fully saturated rings. The molecule has 0 unspecified atom stereocenters. The van der Waals surface area contributed by atoms with Crippen molar-refractivity contribution in [1.82, 2.24) is 0 Å². The molecule has 4 nitrogen and oxygen atoms in total. The Morgan fingerprint density at radius 1 is 1.05 bits per heavy atom. The van der Waals surface area contributed by atoms with E-state index in [4.69, 9.17) is 28.9 Å². The molecule has 0 aliphatic rings. The van der Waals surface area contributed by atoms with Crippen molar-refractivity contribution in [2.75, 3.05) is 10.5 Å². The van der Waals surface area contributed by atoms with Crippen LogP contribution in [0.1, 0.15) is 0 Å². The average Bonchev–Trinajstić information content (AvgIpc) is 2.34. The fourth-order valence-electron chi connectivity index (χ4n) is 1.48. The highest BCUT2D eigenvalue weighted by atomic mass is 35.5. The van der Waals surface area contributed by atoms with Crippen molar-refractivity contribution in [1.29, 1.82) is 0 Å². The molecule has 0 saturated carbocycles. The third-order valence-corrected chi connectivity index (χ3v) is 4.29. The quantitative estimate of drug-likeness (QED) is 0.853. The van der Waals surface area contributed by atoms with Crippen molar-refractivity contribution in [2.24, 2.45) is 0 Å². The molecule has 2 aromatic carbocycles. The number of benzene rings is 2. The molecule has 2 rings (SSSR count). The fraction of sp³-hybridized carbons (Fsp3) is 0. The van der Waals surface area contributed by atoms with Crippen LogP contribution in [0.4, 0.5) is 11.4 Å². The maximum atomic E-state index is 12.2. The third-order valence-electron chi connectivity index (χ3n) is 2.39. The van der Waals surface area contributed by atoms with Crippen LogP contribution in [-0.2, 0) is 10.0 Å². The summed E-state index contributed by atoms with van der Waals surface area (Å²) in [5.74, 6) is 0. The summed E-state index contributed by atoms with van der Waals surface area (Å²) >= 11 is 11.7. The van der Waals surface area contributed by atoms with Crippen LogP contribution >= 0.6 is 23.2 Å². The van der Waals surface area contributed by atoms with Crippen molar-refractivity contribution in [3.63, 3.8) is 0 Å². The van der Waals surface area contributed by atoms with Crippen LogP contribution in [-0.4, -0.2) is 8.42 Å². The van der Waals surface area contributed by atoms with Crippen LogP contribution in [0.15, 0.2) is 47.4 Å². The first-order valence-corrected chi connectivity index (χ1v) is 7.46. The largest absolute Gasteiger partial charge is 0.397 e. The van der Waals surface area contributed by atoms with Gasteiger partial charge in [-0.05, 0) is 30.3 Å². The predicted molar refractivity (Wildman–Crippen MR) is 78.1 cm³/mol. The normalized spacial score (nSPS) is 11.3. The van der Waals surface area contributed by atoms with Crippen LogP contribution in [0.5, 0.6) is 0 Å². The summed E-state index contributed by atoms with van der Waals surface area (Å²) in [5.41, 5.74) is 6.10. The molecule has 7 heteroatoms. The molecule has 0 saturated heterocycles. The topological polar surface area (TPSA) is 72.2 Å². The van der Waals surface area contributed by atoms with Crippen LogP contribution in [0.25, 0.3) is 0 Å². The molecule has 0 aliphatic carbocycles. The molecule has 0 aromatic heterocycles. The van der Waals surface area contributed by atoms with E-state index in [-0.39, 0.29) is 21.3 Å². The Balaban J connectivity index is 2.42. The average molecular weight is 317 g/mol. The molecular weight excluding hydrogens is 307 g/mol. The van der Waals surface area contributed by atoms with Gasteiger partial charge in [0.2, 0.25) is 0 Å². The lowest BCUT2D eigenvalue weighted by molar-refractivity contribution is 0.601. The van der Waals surface area contributed by atoms with Gasteiger partial charge < -0.3 is 5.73 Å². The Kier molecular flexibility index (Phi) is 3.89. The maximum Gasteiger partial charge on any atom is 0.262 e. The predicted octanol–water partition coefficient (Wildman–Crippen LogP) is 3.38. The second kappa shape index (κ2) is 5.28. The SMILES string of the molecule is Nc1cccc(Cl)c1NS(=O)(=O)c1cccc(Cl)c1. The second-order valence-electron chi connectivity index (χ2n) is 3.77. The highest BCUT2D eigenvalue weighted by molar-refractivity contribution is 7.92. The number of para-hydroxylation sites is 1. The van der Waals surface area contributed by atoms with E-state index in [9.17, 15) is 8.42 Å². The summed E-state index contributed by atoms with van der Waals surface area (Å²) in [7, 11) is -3.78. The molecule has 100 valence electrons. The van der Waals surface area contributed by atoms with Crippen molar-refractivity contribution in [3.8, 4) is 0 Å². The molecule has 0 atom stereocenters. The molecule has 3 N–H and O–H groups in total. The summed E-state index contributed by atoms with van der Waals surface area (Å²) < 4.78 is 26.7. The first kappa shape index (κ1) is 14.0. The van der Waals surface area contributed by atoms with Gasteiger partial charge in [-0.15, -0.1) is 0 Å². The number of halogens is 2. The molecule has 2 aromatic rings. The zero-order valence-corrected chi connectivity index (χ0v) is 11.9. The number of hydrogen-bond acceptors (Lipinski definition) is 3. The van der Waals surface area contributed by atoms with Crippen LogP contribution < -0.4 is 10.5 Å². The lowest BCUT2D eigenvalue weighted by Crippen LogP contribution is -2.14.